The molecular weight excluding hydrogens is 304 g/mol. The van der Waals surface area contributed by atoms with Crippen LogP contribution in [0.1, 0.15) is 12.5 Å². The highest BCUT2D eigenvalue weighted by Gasteiger charge is 2.37. The molecule has 0 fully saturated rings. The minimum Gasteiger partial charge on any atom is -0.466 e. The lowest BCUT2D eigenvalue weighted by atomic mass is 10.1. The number of carbonyl (C=O) groups is 1. The van der Waals surface area contributed by atoms with Crippen molar-refractivity contribution in [1.29, 1.82) is 0 Å². The Bertz CT molecular complexity index is 561. The van der Waals surface area contributed by atoms with Crippen LogP contribution < -0.4 is 4.74 Å². The van der Waals surface area contributed by atoms with Crippen molar-refractivity contribution < 1.29 is 36.8 Å². The molecule has 0 N–H and O–H groups in total. The molecule has 0 unspecified atom stereocenters. The van der Waals surface area contributed by atoms with E-state index in [9.17, 15) is 32.5 Å². The zero-order valence-electron chi connectivity index (χ0n) is 10.4. The summed E-state index contributed by atoms with van der Waals surface area (Å²) in [6, 6.07) is 0. The fourth-order valence-electron chi connectivity index (χ4n) is 1.40. The van der Waals surface area contributed by atoms with E-state index in [1.54, 1.807) is 0 Å². The van der Waals surface area contributed by atoms with E-state index in [-0.39, 0.29) is 6.61 Å². The summed E-state index contributed by atoms with van der Waals surface area (Å²) >= 11 is 0. The Morgan fingerprint density at radius 3 is 2.57 bits per heavy atom. The van der Waals surface area contributed by atoms with Crippen LogP contribution in [0.2, 0.25) is 0 Å². The molecule has 0 aliphatic rings. The lowest BCUT2D eigenvalue weighted by Gasteiger charge is -2.13. The zero-order valence-corrected chi connectivity index (χ0v) is 10.4. The smallest absolute Gasteiger partial charge is 0.466 e. The first-order valence-electron chi connectivity index (χ1n) is 5.38. The third-order valence-electron chi connectivity index (χ3n) is 2.11. The van der Waals surface area contributed by atoms with E-state index >= 15 is 0 Å². The summed E-state index contributed by atoms with van der Waals surface area (Å²) in [5.41, 5.74) is -1.88. The lowest BCUT2D eigenvalue weighted by molar-refractivity contribution is -0.386. The number of hydrogen-bond acceptors (Lipinski definition) is 6. The molecular formula is C10H8F4N2O5. The highest BCUT2D eigenvalue weighted by atomic mass is 19.4. The van der Waals surface area contributed by atoms with Gasteiger partial charge in [0.25, 0.3) is 11.6 Å². The SMILES string of the molecule is CCOC(=O)Cc1c([N+](=O)[O-])cnc(F)c1OC(F)(F)F. The van der Waals surface area contributed by atoms with Crippen LogP contribution in [0, 0.1) is 16.1 Å². The maximum atomic E-state index is 13.3. The van der Waals surface area contributed by atoms with Crippen molar-refractivity contribution in [3.63, 3.8) is 0 Å². The number of nitrogens with zero attached hydrogens (tertiary/aromatic N) is 2. The van der Waals surface area contributed by atoms with Crippen LogP contribution in [0.25, 0.3) is 0 Å². The van der Waals surface area contributed by atoms with Gasteiger partial charge in [-0.05, 0) is 6.92 Å². The standard InChI is InChI=1S/C10H8F4N2O5/c1-2-20-7(17)3-5-6(16(18)19)4-15-9(11)8(5)21-10(12,13)14/h4H,2-3H2,1H3. The molecule has 1 aromatic rings. The first-order valence-corrected chi connectivity index (χ1v) is 5.38. The molecule has 1 rings (SSSR count). The zero-order chi connectivity index (χ0) is 16.2. The number of hydrogen-bond donors (Lipinski definition) is 0. The minimum atomic E-state index is -5.30. The van der Waals surface area contributed by atoms with Gasteiger partial charge in [-0.1, -0.05) is 0 Å². The summed E-state index contributed by atoms with van der Waals surface area (Å²) in [5, 5.41) is 10.7. The summed E-state index contributed by atoms with van der Waals surface area (Å²) < 4.78 is 57.8. The molecule has 1 heterocycles. The predicted molar refractivity (Wildman–Crippen MR) is 57.9 cm³/mol. The highest BCUT2D eigenvalue weighted by Crippen LogP contribution is 2.34. The molecule has 0 radical (unpaired) electrons. The van der Waals surface area contributed by atoms with Crippen molar-refractivity contribution in [3.05, 3.63) is 27.8 Å². The van der Waals surface area contributed by atoms with Crippen molar-refractivity contribution in [2.45, 2.75) is 19.7 Å². The van der Waals surface area contributed by atoms with Gasteiger partial charge in [0.2, 0.25) is 0 Å². The van der Waals surface area contributed by atoms with E-state index in [0.29, 0.717) is 6.20 Å². The Balaban J connectivity index is 3.34. The molecule has 0 amide bonds. The number of carbonyl (C=O) groups excluding carboxylic acids is 1. The summed E-state index contributed by atoms with van der Waals surface area (Å²) in [6.45, 7) is 1.32. The molecule has 116 valence electrons. The van der Waals surface area contributed by atoms with Crippen LogP contribution in [0.4, 0.5) is 23.2 Å². The fourth-order valence-corrected chi connectivity index (χ4v) is 1.40. The number of pyridine rings is 1. The van der Waals surface area contributed by atoms with E-state index in [1.807, 2.05) is 0 Å². The average Bonchev–Trinajstić information content (AvgIpc) is 2.32. The molecule has 0 aliphatic heterocycles. The maximum Gasteiger partial charge on any atom is 0.573 e. The van der Waals surface area contributed by atoms with Gasteiger partial charge in [-0.3, -0.25) is 14.9 Å². The minimum absolute atomic E-state index is 0.102. The van der Waals surface area contributed by atoms with Gasteiger partial charge in [0.05, 0.1) is 23.5 Å². The van der Waals surface area contributed by atoms with Gasteiger partial charge in [0, 0.05) is 0 Å². The number of esters is 1. The molecule has 0 atom stereocenters. The Morgan fingerprint density at radius 1 is 1.48 bits per heavy atom. The Hall–Kier alpha value is -2.46. The Labute approximate surface area is 114 Å². The molecule has 0 aromatic carbocycles. The maximum absolute atomic E-state index is 13.3. The molecule has 0 saturated carbocycles. The Kier molecular flexibility index (Phi) is 5.00. The molecule has 11 heteroatoms. The topological polar surface area (TPSA) is 91.6 Å². The van der Waals surface area contributed by atoms with Gasteiger partial charge >= 0.3 is 12.3 Å². The number of aromatic nitrogens is 1. The van der Waals surface area contributed by atoms with Crippen molar-refractivity contribution in [2.75, 3.05) is 6.61 Å². The number of nitro groups is 1. The largest absolute Gasteiger partial charge is 0.573 e. The van der Waals surface area contributed by atoms with E-state index in [1.165, 1.54) is 6.92 Å². The van der Waals surface area contributed by atoms with Gasteiger partial charge in [-0.25, -0.2) is 4.98 Å². The number of rotatable bonds is 5. The second-order valence-electron chi connectivity index (χ2n) is 3.53. The van der Waals surface area contributed by atoms with Crippen LogP contribution in [-0.4, -0.2) is 28.8 Å². The van der Waals surface area contributed by atoms with E-state index < -0.39 is 46.6 Å². The molecule has 21 heavy (non-hydrogen) atoms. The summed E-state index contributed by atoms with van der Waals surface area (Å²) in [7, 11) is 0. The summed E-state index contributed by atoms with van der Waals surface area (Å²) in [4.78, 5) is 23.7. The van der Waals surface area contributed by atoms with Crippen molar-refractivity contribution >= 4 is 11.7 Å². The lowest BCUT2D eigenvalue weighted by Crippen LogP contribution is -2.21. The van der Waals surface area contributed by atoms with Gasteiger partial charge in [0.1, 0.15) is 6.20 Å². The first-order chi connectivity index (χ1) is 9.65. The van der Waals surface area contributed by atoms with Crippen LogP contribution in [0.5, 0.6) is 5.75 Å². The van der Waals surface area contributed by atoms with Crippen LogP contribution >= 0.6 is 0 Å². The second-order valence-corrected chi connectivity index (χ2v) is 3.53. The quantitative estimate of drug-likeness (QED) is 0.272. The number of ether oxygens (including phenoxy) is 2. The van der Waals surface area contributed by atoms with Crippen molar-refractivity contribution in [3.8, 4) is 5.75 Å². The fraction of sp³-hybridized carbons (Fsp3) is 0.400. The molecule has 0 saturated heterocycles. The monoisotopic (exact) mass is 312 g/mol. The van der Waals surface area contributed by atoms with E-state index in [4.69, 9.17) is 0 Å². The van der Waals surface area contributed by atoms with Crippen molar-refractivity contribution in [2.24, 2.45) is 0 Å². The number of halogens is 4. The van der Waals surface area contributed by atoms with E-state index in [0.717, 1.165) is 0 Å². The summed E-state index contributed by atoms with van der Waals surface area (Å²) in [5.74, 6) is -4.32. The van der Waals surface area contributed by atoms with Gasteiger partial charge < -0.3 is 9.47 Å². The third-order valence-corrected chi connectivity index (χ3v) is 2.11. The van der Waals surface area contributed by atoms with E-state index in [2.05, 4.69) is 14.5 Å². The first kappa shape index (κ1) is 16.6. The normalized spacial score (nSPS) is 11.1. The Morgan fingerprint density at radius 2 is 2.10 bits per heavy atom. The van der Waals surface area contributed by atoms with Gasteiger partial charge in [-0.2, -0.15) is 4.39 Å². The van der Waals surface area contributed by atoms with Crippen LogP contribution in [-0.2, 0) is 16.0 Å². The van der Waals surface area contributed by atoms with Crippen molar-refractivity contribution in [1.82, 2.24) is 4.98 Å². The predicted octanol–water partition coefficient (Wildman–Crippen LogP) is 2.13. The second kappa shape index (κ2) is 6.33. The van der Waals surface area contributed by atoms with Crippen LogP contribution in [0.3, 0.4) is 0 Å². The molecule has 1 aromatic heterocycles. The molecule has 0 spiro atoms. The molecule has 0 bridgehead atoms. The molecule has 7 nitrogen and oxygen atoms in total. The average molecular weight is 312 g/mol. The third kappa shape index (κ3) is 4.54. The van der Waals surface area contributed by atoms with Gasteiger partial charge in [-0.15, -0.1) is 13.2 Å². The van der Waals surface area contributed by atoms with Gasteiger partial charge in [0.15, 0.2) is 5.75 Å². The summed E-state index contributed by atoms with van der Waals surface area (Å²) in [6.07, 6.45) is -5.87. The molecule has 0 aliphatic carbocycles. The number of alkyl halides is 3. The highest BCUT2D eigenvalue weighted by molar-refractivity contribution is 5.75. The van der Waals surface area contributed by atoms with Crippen LogP contribution in [0.15, 0.2) is 6.20 Å².